The number of carbonyl (C=O) groups is 2. The van der Waals surface area contributed by atoms with E-state index in [2.05, 4.69) is 0 Å². The van der Waals surface area contributed by atoms with Crippen molar-refractivity contribution in [1.29, 1.82) is 0 Å². The van der Waals surface area contributed by atoms with Gasteiger partial charge < -0.3 is 14.8 Å². The number of hydrogen-bond acceptors (Lipinski definition) is 5. The van der Waals surface area contributed by atoms with Gasteiger partial charge in [-0.05, 0) is 26.0 Å². The Morgan fingerprint density at radius 1 is 1.24 bits per heavy atom. The normalized spacial score (nSPS) is 10.2. The lowest BCUT2D eigenvalue weighted by Crippen LogP contribution is -2.33. The third-order valence-electron chi connectivity index (χ3n) is 2.06. The molecule has 1 aromatic rings. The van der Waals surface area contributed by atoms with Crippen molar-refractivity contribution in [3.63, 3.8) is 0 Å². The molecule has 1 aromatic carbocycles. The predicted molar refractivity (Wildman–Crippen MR) is 62.8 cm³/mol. The molecule has 0 saturated carbocycles. The molecule has 0 fully saturated rings. The molecule has 0 aliphatic carbocycles. The van der Waals surface area contributed by atoms with Crippen molar-refractivity contribution >= 4 is 25.2 Å². The molecule has 90 valence electrons. The molecule has 0 atom stereocenters. The van der Waals surface area contributed by atoms with Crippen LogP contribution in [-0.2, 0) is 0 Å². The summed E-state index contributed by atoms with van der Waals surface area (Å²) in [4.78, 5) is 21.6. The fourth-order valence-corrected chi connectivity index (χ4v) is 1.42. The minimum Gasteiger partial charge on any atom is -0.491 e. The maximum Gasteiger partial charge on any atom is 0.492 e. The van der Waals surface area contributed by atoms with Crippen molar-refractivity contribution in [1.82, 2.24) is 0 Å². The highest BCUT2D eigenvalue weighted by Crippen LogP contribution is 2.17. The highest BCUT2D eigenvalue weighted by Gasteiger charge is 2.22. The average Bonchev–Trinajstić information content (AvgIpc) is 2.28. The molecule has 0 aliphatic heterocycles. The van der Waals surface area contributed by atoms with E-state index >= 15 is 0 Å². The molecule has 2 N–H and O–H groups in total. The molecule has 5 nitrogen and oxygen atoms in total. The monoisotopic (exact) mass is 236 g/mol. The van der Waals surface area contributed by atoms with Crippen LogP contribution < -0.4 is 10.2 Å². The topological polar surface area (TPSA) is 83.8 Å². The van der Waals surface area contributed by atoms with E-state index < -0.39 is 7.12 Å². The molecule has 0 bridgehead atoms. The van der Waals surface area contributed by atoms with Crippen LogP contribution in [0.3, 0.4) is 0 Å². The van der Waals surface area contributed by atoms with E-state index in [0.717, 1.165) is 0 Å². The number of aldehydes is 2. The Bertz CT molecular complexity index is 428. The first-order valence-electron chi connectivity index (χ1n) is 5.10. The average molecular weight is 236 g/mol. The zero-order chi connectivity index (χ0) is 13.0. The molecule has 0 radical (unpaired) electrons. The molecule has 0 spiro atoms. The van der Waals surface area contributed by atoms with Gasteiger partial charge in [-0.25, -0.2) is 0 Å². The van der Waals surface area contributed by atoms with Crippen molar-refractivity contribution in [2.45, 2.75) is 20.0 Å². The third-order valence-corrected chi connectivity index (χ3v) is 2.06. The van der Waals surface area contributed by atoms with Crippen molar-refractivity contribution in [2.75, 3.05) is 0 Å². The van der Waals surface area contributed by atoms with Gasteiger partial charge in [0.15, 0.2) is 6.29 Å². The molecule has 0 aromatic heterocycles. The molecule has 0 amide bonds. The molecule has 0 aliphatic rings. The predicted octanol–water partition coefficient (Wildman–Crippen LogP) is -0.221. The van der Waals surface area contributed by atoms with Crippen molar-refractivity contribution < 1.29 is 24.4 Å². The Kier molecular flexibility index (Phi) is 4.42. The number of benzene rings is 1. The summed E-state index contributed by atoms with van der Waals surface area (Å²) in [5.41, 5.74) is 0.308. The first-order chi connectivity index (χ1) is 7.99. The minimum atomic E-state index is -1.80. The summed E-state index contributed by atoms with van der Waals surface area (Å²) in [6.45, 7) is 3.49. The van der Waals surface area contributed by atoms with Gasteiger partial charge in [0.05, 0.1) is 11.7 Å². The molecule has 1 rings (SSSR count). The van der Waals surface area contributed by atoms with Crippen LogP contribution in [0, 0.1) is 0 Å². The van der Waals surface area contributed by atoms with Gasteiger partial charge in [0.2, 0.25) is 0 Å². The second-order valence-corrected chi connectivity index (χ2v) is 3.80. The summed E-state index contributed by atoms with van der Waals surface area (Å²) >= 11 is 0. The smallest absolute Gasteiger partial charge is 0.491 e. The van der Waals surface area contributed by atoms with E-state index in [1.54, 1.807) is 13.8 Å². The van der Waals surface area contributed by atoms with Gasteiger partial charge in [-0.2, -0.15) is 0 Å². The summed E-state index contributed by atoms with van der Waals surface area (Å²) in [5, 5.41) is 18.4. The van der Waals surface area contributed by atoms with Crippen LogP contribution in [0.25, 0.3) is 0 Å². The molecule has 17 heavy (non-hydrogen) atoms. The van der Waals surface area contributed by atoms with E-state index in [-0.39, 0.29) is 28.4 Å². The fourth-order valence-electron chi connectivity index (χ4n) is 1.42. The maximum atomic E-state index is 10.9. The van der Waals surface area contributed by atoms with Gasteiger partial charge in [0, 0.05) is 11.0 Å². The summed E-state index contributed by atoms with van der Waals surface area (Å²) in [6, 6.07) is 2.62. The zero-order valence-corrected chi connectivity index (χ0v) is 9.58. The lowest BCUT2D eigenvalue weighted by atomic mass is 9.77. The summed E-state index contributed by atoms with van der Waals surface area (Å²) in [5.74, 6) is 0.0931. The Balaban J connectivity index is 3.40. The van der Waals surface area contributed by atoms with Crippen LogP contribution in [0.15, 0.2) is 12.1 Å². The fraction of sp³-hybridized carbons (Fsp3) is 0.273. The molecular formula is C11H13BO5. The van der Waals surface area contributed by atoms with Crippen LogP contribution in [0.2, 0.25) is 0 Å². The highest BCUT2D eigenvalue weighted by molar-refractivity contribution is 6.60. The van der Waals surface area contributed by atoms with E-state index in [1.807, 2.05) is 0 Å². The Hall–Kier alpha value is -1.66. The van der Waals surface area contributed by atoms with Crippen LogP contribution in [-0.4, -0.2) is 35.8 Å². The Morgan fingerprint density at radius 3 is 2.29 bits per heavy atom. The van der Waals surface area contributed by atoms with Crippen LogP contribution in [0.5, 0.6) is 5.75 Å². The number of carbonyl (C=O) groups excluding carboxylic acids is 2. The number of rotatable bonds is 5. The number of ether oxygens (including phenoxy) is 1. The van der Waals surface area contributed by atoms with Gasteiger partial charge in [-0.3, -0.25) is 9.59 Å². The van der Waals surface area contributed by atoms with Crippen molar-refractivity contribution in [2.24, 2.45) is 0 Å². The van der Waals surface area contributed by atoms with Gasteiger partial charge >= 0.3 is 7.12 Å². The van der Waals surface area contributed by atoms with Gasteiger partial charge in [-0.1, -0.05) is 0 Å². The highest BCUT2D eigenvalue weighted by atomic mass is 16.5. The summed E-state index contributed by atoms with van der Waals surface area (Å²) in [7, 11) is -1.80. The standard InChI is InChI=1S/C11H13BO5/c1-7(2)17-11-9(6-14)3-8(5-13)4-10(11)12(15)16/h3-7,15-16H,1-2H3. The molecular weight excluding hydrogens is 223 g/mol. The molecule has 0 saturated heterocycles. The summed E-state index contributed by atoms with van der Waals surface area (Å²) in [6.07, 6.45) is 0.808. The van der Waals surface area contributed by atoms with E-state index in [9.17, 15) is 19.6 Å². The van der Waals surface area contributed by atoms with E-state index in [4.69, 9.17) is 4.74 Å². The first-order valence-corrected chi connectivity index (χ1v) is 5.10. The lowest BCUT2D eigenvalue weighted by molar-refractivity contribution is 0.111. The number of hydrogen-bond donors (Lipinski definition) is 2. The second kappa shape index (κ2) is 5.61. The first kappa shape index (κ1) is 13.4. The molecule has 0 heterocycles. The summed E-state index contributed by atoms with van der Waals surface area (Å²) < 4.78 is 5.36. The SMILES string of the molecule is CC(C)Oc1c(C=O)cc(C=O)cc1B(O)O. The van der Waals surface area contributed by atoms with Gasteiger partial charge in [-0.15, -0.1) is 0 Å². The van der Waals surface area contributed by atoms with Crippen LogP contribution in [0.1, 0.15) is 34.6 Å². The third kappa shape index (κ3) is 3.15. The maximum absolute atomic E-state index is 10.9. The molecule has 0 unspecified atom stereocenters. The second-order valence-electron chi connectivity index (χ2n) is 3.80. The minimum absolute atomic E-state index is 0.00500. The van der Waals surface area contributed by atoms with Crippen LogP contribution in [0.4, 0.5) is 0 Å². The van der Waals surface area contributed by atoms with E-state index in [1.165, 1.54) is 12.1 Å². The van der Waals surface area contributed by atoms with Gasteiger partial charge in [0.1, 0.15) is 12.0 Å². The zero-order valence-electron chi connectivity index (χ0n) is 9.58. The van der Waals surface area contributed by atoms with Crippen molar-refractivity contribution in [3.8, 4) is 5.75 Å². The van der Waals surface area contributed by atoms with Gasteiger partial charge in [0.25, 0.3) is 0 Å². The largest absolute Gasteiger partial charge is 0.492 e. The van der Waals surface area contributed by atoms with E-state index in [0.29, 0.717) is 12.6 Å². The Morgan fingerprint density at radius 2 is 1.88 bits per heavy atom. The van der Waals surface area contributed by atoms with Crippen LogP contribution >= 0.6 is 0 Å². The quantitative estimate of drug-likeness (QED) is 0.545. The Labute approximate surface area is 99.2 Å². The van der Waals surface area contributed by atoms with Crippen molar-refractivity contribution in [3.05, 3.63) is 23.3 Å². The molecule has 6 heteroatoms. The lowest BCUT2D eigenvalue weighted by Gasteiger charge is -2.16.